The minimum atomic E-state index is -1.11. The molecule has 0 aliphatic heterocycles. The Hall–Kier alpha value is -1.95. The van der Waals surface area contributed by atoms with Gasteiger partial charge in [0.1, 0.15) is 6.10 Å². The summed E-state index contributed by atoms with van der Waals surface area (Å²) in [4.78, 5) is 12.5. The van der Waals surface area contributed by atoms with Crippen LogP contribution >= 0.6 is 0 Å². The minimum absolute atomic E-state index is 0.383. The number of allylic oxidation sites excluding steroid dienone is 9. The van der Waals surface area contributed by atoms with Gasteiger partial charge in [0.05, 0.1) is 18.8 Å². The number of hydrogen-bond acceptors (Lipinski definition) is 4. The van der Waals surface area contributed by atoms with Gasteiger partial charge in [0, 0.05) is 0 Å². The third-order valence-electron chi connectivity index (χ3n) is 9.82. The van der Waals surface area contributed by atoms with E-state index in [2.05, 4.69) is 67.8 Å². The molecular weight excluding hydrogens is 643 g/mol. The summed E-state index contributed by atoms with van der Waals surface area (Å²) in [6.45, 7) is 4.06. The SMILES string of the molecule is CC/C=C\C/C=C\CCCCCCCCCCCCCCCC(O)C(=O)NC(CO)C(O)/C=C/CC/C=C/CC/C=C/CCCCCCCCCC. The molecule has 0 aliphatic rings. The van der Waals surface area contributed by atoms with Gasteiger partial charge in [0.25, 0.3) is 0 Å². The topological polar surface area (TPSA) is 89.8 Å². The highest BCUT2D eigenvalue weighted by Crippen LogP contribution is 2.15. The highest BCUT2D eigenvalue weighted by molar-refractivity contribution is 5.80. The van der Waals surface area contributed by atoms with Crippen LogP contribution in [0.25, 0.3) is 0 Å². The van der Waals surface area contributed by atoms with E-state index in [1.165, 1.54) is 128 Å². The van der Waals surface area contributed by atoms with E-state index < -0.39 is 24.2 Å². The molecule has 5 heteroatoms. The van der Waals surface area contributed by atoms with Gasteiger partial charge in [-0.2, -0.15) is 0 Å². The van der Waals surface area contributed by atoms with Crippen molar-refractivity contribution < 1.29 is 20.1 Å². The normalized spacial score (nSPS) is 14.2. The van der Waals surface area contributed by atoms with Crippen molar-refractivity contribution in [3.05, 3.63) is 60.8 Å². The molecule has 0 radical (unpaired) electrons. The molecule has 52 heavy (non-hydrogen) atoms. The smallest absolute Gasteiger partial charge is 0.249 e. The molecular formula is C47H85NO4. The highest BCUT2D eigenvalue weighted by Gasteiger charge is 2.22. The lowest BCUT2D eigenvalue weighted by atomic mass is 10.0. The number of aliphatic hydroxyl groups is 3. The van der Waals surface area contributed by atoms with Gasteiger partial charge in [0.15, 0.2) is 0 Å². The lowest BCUT2D eigenvalue weighted by Crippen LogP contribution is -2.48. The molecule has 5 nitrogen and oxygen atoms in total. The van der Waals surface area contributed by atoms with Crippen molar-refractivity contribution in [2.24, 2.45) is 0 Å². The lowest BCUT2D eigenvalue weighted by molar-refractivity contribution is -0.131. The van der Waals surface area contributed by atoms with Crippen LogP contribution in [0.3, 0.4) is 0 Å². The second-order valence-corrected chi connectivity index (χ2v) is 14.9. The zero-order chi connectivity index (χ0) is 38.0. The molecule has 0 aliphatic carbocycles. The zero-order valence-corrected chi connectivity index (χ0v) is 34.2. The standard InChI is InChI=1S/C47H85NO4/c1-3-5-7-9-11-13-15-17-19-21-23-24-26-28-30-32-34-36-38-40-42-46(51)47(52)48-44(43-49)45(50)41-39-37-35-33-31-29-27-25-22-20-18-16-14-12-10-8-6-4-2/h5,7,11,13,22,25,31,33,39,41,44-46,49-51H,3-4,6,8-10,12,14-21,23-24,26-30,32,34-38,40,42-43H2,1-2H3,(H,48,52)/b7-5-,13-11-,25-22+,33-31+,41-39+. The van der Waals surface area contributed by atoms with E-state index in [9.17, 15) is 20.1 Å². The second-order valence-electron chi connectivity index (χ2n) is 14.9. The average Bonchev–Trinajstić information content (AvgIpc) is 3.15. The molecule has 302 valence electrons. The van der Waals surface area contributed by atoms with Gasteiger partial charge in [-0.15, -0.1) is 0 Å². The Morgan fingerprint density at radius 3 is 1.38 bits per heavy atom. The summed E-state index contributed by atoms with van der Waals surface area (Å²) in [5.41, 5.74) is 0. The van der Waals surface area contributed by atoms with Crippen molar-refractivity contribution in [3.8, 4) is 0 Å². The number of amides is 1. The van der Waals surface area contributed by atoms with E-state index in [0.29, 0.717) is 6.42 Å². The van der Waals surface area contributed by atoms with Crippen LogP contribution in [0.2, 0.25) is 0 Å². The number of hydrogen-bond donors (Lipinski definition) is 4. The second kappa shape index (κ2) is 41.8. The molecule has 0 aromatic carbocycles. The van der Waals surface area contributed by atoms with Crippen LogP contribution in [0.4, 0.5) is 0 Å². The van der Waals surface area contributed by atoms with Crippen molar-refractivity contribution in [1.82, 2.24) is 5.32 Å². The fourth-order valence-corrected chi connectivity index (χ4v) is 6.37. The first-order chi connectivity index (χ1) is 25.6. The van der Waals surface area contributed by atoms with Gasteiger partial charge < -0.3 is 20.6 Å². The maximum absolute atomic E-state index is 12.5. The summed E-state index contributed by atoms with van der Waals surface area (Å²) < 4.78 is 0. The van der Waals surface area contributed by atoms with E-state index in [0.717, 1.165) is 57.8 Å². The molecule has 0 spiro atoms. The van der Waals surface area contributed by atoms with Crippen molar-refractivity contribution in [2.45, 2.75) is 225 Å². The molecule has 0 heterocycles. The summed E-state index contributed by atoms with van der Waals surface area (Å²) in [7, 11) is 0. The summed E-state index contributed by atoms with van der Waals surface area (Å²) in [5, 5.41) is 33.1. The van der Waals surface area contributed by atoms with Gasteiger partial charge in [-0.1, -0.05) is 197 Å². The van der Waals surface area contributed by atoms with Crippen LogP contribution in [0, 0.1) is 0 Å². The third-order valence-corrected chi connectivity index (χ3v) is 9.82. The number of aliphatic hydroxyl groups excluding tert-OH is 3. The Bertz CT molecular complexity index is 892. The van der Waals surface area contributed by atoms with Crippen LogP contribution < -0.4 is 5.32 Å². The van der Waals surface area contributed by atoms with Crippen molar-refractivity contribution in [2.75, 3.05) is 6.61 Å². The van der Waals surface area contributed by atoms with Crippen LogP contribution in [0.5, 0.6) is 0 Å². The van der Waals surface area contributed by atoms with E-state index in [1.54, 1.807) is 6.08 Å². The molecule has 4 N–H and O–H groups in total. The summed E-state index contributed by atoms with van der Waals surface area (Å²) >= 11 is 0. The first-order valence-electron chi connectivity index (χ1n) is 22.1. The summed E-state index contributed by atoms with van der Waals surface area (Å²) in [6, 6.07) is -0.822. The molecule has 0 fully saturated rings. The number of carbonyl (C=O) groups is 1. The maximum Gasteiger partial charge on any atom is 0.249 e. The van der Waals surface area contributed by atoms with E-state index in [-0.39, 0.29) is 6.61 Å². The number of unbranched alkanes of at least 4 members (excludes halogenated alkanes) is 23. The van der Waals surface area contributed by atoms with Gasteiger partial charge in [-0.05, 0) is 70.6 Å². The number of carbonyl (C=O) groups excluding carboxylic acids is 1. The molecule has 0 aromatic rings. The van der Waals surface area contributed by atoms with Crippen molar-refractivity contribution in [3.63, 3.8) is 0 Å². The van der Waals surface area contributed by atoms with Gasteiger partial charge in [-0.3, -0.25) is 4.79 Å². The monoisotopic (exact) mass is 728 g/mol. The van der Waals surface area contributed by atoms with Gasteiger partial charge >= 0.3 is 0 Å². The first-order valence-corrected chi connectivity index (χ1v) is 22.1. The molecule has 3 atom stereocenters. The molecule has 0 saturated heterocycles. The summed E-state index contributed by atoms with van der Waals surface area (Å²) in [6.07, 6.45) is 55.4. The van der Waals surface area contributed by atoms with Crippen molar-refractivity contribution >= 4 is 5.91 Å². The quantitative estimate of drug-likeness (QED) is 0.0375. The number of nitrogens with one attached hydrogen (secondary N) is 1. The average molecular weight is 728 g/mol. The Morgan fingerprint density at radius 1 is 0.500 bits per heavy atom. The molecule has 0 bridgehead atoms. The van der Waals surface area contributed by atoms with E-state index >= 15 is 0 Å². The van der Waals surface area contributed by atoms with Crippen LogP contribution in [-0.4, -0.2) is 46.1 Å². The van der Waals surface area contributed by atoms with E-state index in [4.69, 9.17) is 0 Å². The zero-order valence-electron chi connectivity index (χ0n) is 34.2. The number of rotatable bonds is 39. The van der Waals surface area contributed by atoms with Gasteiger partial charge in [-0.25, -0.2) is 0 Å². The van der Waals surface area contributed by atoms with Crippen LogP contribution in [0.1, 0.15) is 206 Å². The Kier molecular flexibility index (Phi) is 40.2. The third kappa shape index (κ3) is 36.4. The Morgan fingerprint density at radius 2 is 0.904 bits per heavy atom. The molecule has 0 aromatic heterocycles. The largest absolute Gasteiger partial charge is 0.394 e. The molecule has 0 saturated carbocycles. The minimum Gasteiger partial charge on any atom is -0.394 e. The molecule has 3 unspecified atom stereocenters. The fraction of sp³-hybridized carbons (Fsp3) is 0.766. The van der Waals surface area contributed by atoms with Crippen molar-refractivity contribution in [1.29, 1.82) is 0 Å². The predicted octanol–water partition coefficient (Wildman–Crippen LogP) is 12.7. The Balaban J connectivity index is 3.74. The maximum atomic E-state index is 12.5. The highest BCUT2D eigenvalue weighted by atomic mass is 16.3. The van der Waals surface area contributed by atoms with Gasteiger partial charge in [0.2, 0.25) is 5.91 Å². The van der Waals surface area contributed by atoms with Crippen LogP contribution in [0.15, 0.2) is 60.8 Å². The molecule has 1 amide bonds. The molecule has 0 rings (SSSR count). The predicted molar refractivity (Wildman–Crippen MR) is 227 cm³/mol. The first kappa shape index (κ1) is 50.1. The summed E-state index contributed by atoms with van der Waals surface area (Å²) in [5.74, 6) is -0.520. The van der Waals surface area contributed by atoms with E-state index in [1.807, 2.05) is 6.08 Å². The fourth-order valence-electron chi connectivity index (χ4n) is 6.37. The Labute approximate surface area is 322 Å². The lowest BCUT2D eigenvalue weighted by Gasteiger charge is -2.21. The van der Waals surface area contributed by atoms with Crippen LogP contribution in [-0.2, 0) is 4.79 Å².